The van der Waals surface area contributed by atoms with Crippen molar-refractivity contribution in [2.75, 3.05) is 26.3 Å². The molecule has 0 bridgehead atoms. The Labute approximate surface area is 129 Å². The van der Waals surface area contributed by atoms with E-state index in [0.717, 1.165) is 0 Å². The van der Waals surface area contributed by atoms with Crippen molar-refractivity contribution >= 4 is 11.7 Å². The number of anilines is 1. The predicted molar refractivity (Wildman–Crippen MR) is 83.6 cm³/mol. The maximum absolute atomic E-state index is 11.8. The van der Waals surface area contributed by atoms with Gasteiger partial charge in [-0.2, -0.15) is 0 Å². The van der Waals surface area contributed by atoms with Crippen LogP contribution in [-0.2, 0) is 0 Å². The first-order chi connectivity index (χ1) is 10.7. The number of rotatable bonds is 6. The van der Waals surface area contributed by atoms with Crippen LogP contribution in [-0.4, -0.2) is 27.0 Å². The molecule has 0 heterocycles. The second-order valence-corrected chi connectivity index (χ2v) is 4.30. The van der Waals surface area contributed by atoms with Crippen LogP contribution in [0.4, 0.5) is 10.5 Å². The summed E-state index contributed by atoms with van der Waals surface area (Å²) in [5, 5.41) is 5.29. The Balaban J connectivity index is 1.84. The van der Waals surface area contributed by atoms with E-state index in [2.05, 4.69) is 10.6 Å². The van der Waals surface area contributed by atoms with Crippen LogP contribution in [0.15, 0.2) is 48.5 Å². The maximum Gasteiger partial charge on any atom is 0.321 e. The van der Waals surface area contributed by atoms with Crippen LogP contribution in [0.5, 0.6) is 17.2 Å². The molecular formula is C16H18N2O4. The Bertz CT molecular complexity index is 617. The van der Waals surface area contributed by atoms with Crippen LogP contribution >= 0.6 is 0 Å². The topological polar surface area (TPSA) is 68.8 Å². The van der Waals surface area contributed by atoms with Gasteiger partial charge in [0, 0.05) is 11.8 Å². The van der Waals surface area contributed by atoms with E-state index in [-0.39, 0.29) is 12.8 Å². The van der Waals surface area contributed by atoms with Crippen molar-refractivity contribution < 1.29 is 19.0 Å². The number of benzene rings is 2. The van der Waals surface area contributed by atoms with Crippen molar-refractivity contribution in [1.29, 1.82) is 0 Å². The number of amides is 2. The van der Waals surface area contributed by atoms with Gasteiger partial charge in [-0.15, -0.1) is 0 Å². The highest BCUT2D eigenvalue weighted by atomic mass is 16.5. The Hall–Kier alpha value is -2.89. The van der Waals surface area contributed by atoms with Crippen LogP contribution in [0.3, 0.4) is 0 Å². The standard InChI is InChI=1S/C16H18N2O4/c1-20-14-9-8-12(10-15(14)21-2)18-16(19)17-11-22-13-6-4-3-5-7-13/h3-10H,11H2,1-2H3,(H2,17,18,19). The number of carbonyl (C=O) groups excluding carboxylic acids is 1. The molecule has 0 aliphatic rings. The van der Waals surface area contributed by atoms with Gasteiger partial charge in [0.25, 0.3) is 0 Å². The van der Waals surface area contributed by atoms with E-state index in [1.54, 1.807) is 25.3 Å². The molecule has 22 heavy (non-hydrogen) atoms. The quantitative estimate of drug-likeness (QED) is 0.805. The van der Waals surface area contributed by atoms with Gasteiger partial charge in [-0.05, 0) is 24.3 Å². The minimum absolute atomic E-state index is 0.0726. The molecule has 0 fully saturated rings. The lowest BCUT2D eigenvalue weighted by atomic mass is 10.3. The normalized spacial score (nSPS) is 9.73. The molecule has 0 aliphatic carbocycles. The van der Waals surface area contributed by atoms with Crippen LogP contribution in [0.2, 0.25) is 0 Å². The number of nitrogens with one attached hydrogen (secondary N) is 2. The van der Waals surface area contributed by atoms with Gasteiger partial charge in [-0.3, -0.25) is 0 Å². The Kier molecular flexibility index (Phi) is 5.48. The average molecular weight is 302 g/mol. The monoisotopic (exact) mass is 302 g/mol. The molecule has 2 aromatic rings. The average Bonchev–Trinajstić information content (AvgIpc) is 2.55. The van der Waals surface area contributed by atoms with Crippen molar-refractivity contribution in [2.24, 2.45) is 0 Å². The third kappa shape index (κ3) is 4.31. The Morgan fingerprint density at radius 3 is 2.41 bits per heavy atom. The van der Waals surface area contributed by atoms with Gasteiger partial charge in [-0.25, -0.2) is 4.79 Å². The number of hydrogen-bond acceptors (Lipinski definition) is 4. The van der Waals surface area contributed by atoms with E-state index in [1.165, 1.54) is 7.11 Å². The highest BCUT2D eigenvalue weighted by Crippen LogP contribution is 2.29. The molecule has 2 rings (SSSR count). The first kappa shape index (κ1) is 15.5. The van der Waals surface area contributed by atoms with Crippen LogP contribution in [0.25, 0.3) is 0 Å². The van der Waals surface area contributed by atoms with Gasteiger partial charge in [0.2, 0.25) is 0 Å². The minimum atomic E-state index is -0.372. The maximum atomic E-state index is 11.8. The number of carbonyl (C=O) groups is 1. The summed E-state index contributed by atoms with van der Waals surface area (Å²) in [5.41, 5.74) is 0.592. The lowest BCUT2D eigenvalue weighted by Gasteiger charge is -2.11. The van der Waals surface area contributed by atoms with E-state index >= 15 is 0 Å². The first-order valence-corrected chi connectivity index (χ1v) is 6.67. The second kappa shape index (κ2) is 7.78. The summed E-state index contributed by atoms with van der Waals surface area (Å²) >= 11 is 0. The van der Waals surface area contributed by atoms with Gasteiger partial charge < -0.3 is 24.8 Å². The van der Waals surface area contributed by atoms with Gasteiger partial charge in [0.05, 0.1) is 14.2 Å². The molecule has 2 N–H and O–H groups in total. The molecule has 0 saturated heterocycles. The fourth-order valence-corrected chi connectivity index (χ4v) is 1.79. The Morgan fingerprint density at radius 2 is 1.73 bits per heavy atom. The molecule has 2 aromatic carbocycles. The van der Waals surface area contributed by atoms with E-state index in [4.69, 9.17) is 14.2 Å². The number of para-hydroxylation sites is 1. The molecule has 0 radical (unpaired) electrons. The minimum Gasteiger partial charge on any atom is -0.493 e. The SMILES string of the molecule is COc1ccc(NC(=O)NCOc2ccccc2)cc1OC. The highest BCUT2D eigenvalue weighted by molar-refractivity contribution is 5.89. The zero-order valence-electron chi connectivity index (χ0n) is 12.5. The molecule has 0 aliphatic heterocycles. The van der Waals surface area contributed by atoms with E-state index < -0.39 is 0 Å². The van der Waals surface area contributed by atoms with Crippen molar-refractivity contribution in [3.63, 3.8) is 0 Å². The van der Waals surface area contributed by atoms with Gasteiger partial charge in [0.15, 0.2) is 18.2 Å². The van der Waals surface area contributed by atoms with Crippen molar-refractivity contribution in [2.45, 2.75) is 0 Å². The van der Waals surface area contributed by atoms with Crippen LogP contribution in [0, 0.1) is 0 Å². The van der Waals surface area contributed by atoms with E-state index in [0.29, 0.717) is 22.9 Å². The lowest BCUT2D eigenvalue weighted by molar-refractivity contribution is 0.234. The number of hydrogen-bond donors (Lipinski definition) is 2. The van der Waals surface area contributed by atoms with Crippen molar-refractivity contribution in [1.82, 2.24) is 5.32 Å². The van der Waals surface area contributed by atoms with Gasteiger partial charge in [0.1, 0.15) is 5.75 Å². The van der Waals surface area contributed by atoms with Crippen LogP contribution in [0.1, 0.15) is 0 Å². The summed E-state index contributed by atoms with van der Waals surface area (Å²) in [4.78, 5) is 11.8. The summed E-state index contributed by atoms with van der Waals surface area (Å²) in [6, 6.07) is 14.0. The van der Waals surface area contributed by atoms with E-state index in [9.17, 15) is 4.79 Å². The lowest BCUT2D eigenvalue weighted by Crippen LogP contribution is -2.32. The smallest absolute Gasteiger partial charge is 0.321 e. The summed E-state index contributed by atoms with van der Waals surface area (Å²) in [7, 11) is 3.09. The molecule has 0 spiro atoms. The summed E-state index contributed by atoms with van der Waals surface area (Å²) in [6.45, 7) is 0.0726. The molecule has 0 aromatic heterocycles. The third-order valence-corrected chi connectivity index (χ3v) is 2.86. The molecule has 0 unspecified atom stereocenters. The second-order valence-electron chi connectivity index (χ2n) is 4.30. The van der Waals surface area contributed by atoms with Gasteiger partial charge in [-0.1, -0.05) is 18.2 Å². The van der Waals surface area contributed by atoms with Gasteiger partial charge >= 0.3 is 6.03 Å². The fraction of sp³-hybridized carbons (Fsp3) is 0.188. The zero-order valence-corrected chi connectivity index (χ0v) is 12.5. The van der Waals surface area contributed by atoms with Crippen molar-refractivity contribution in [3.05, 3.63) is 48.5 Å². The molecule has 6 heteroatoms. The molecule has 0 atom stereocenters. The number of methoxy groups -OCH3 is 2. The largest absolute Gasteiger partial charge is 0.493 e. The fourth-order valence-electron chi connectivity index (χ4n) is 1.79. The molecule has 0 saturated carbocycles. The Morgan fingerprint density at radius 1 is 1.00 bits per heavy atom. The molecule has 6 nitrogen and oxygen atoms in total. The zero-order chi connectivity index (χ0) is 15.8. The number of ether oxygens (including phenoxy) is 3. The molecule has 116 valence electrons. The summed E-state index contributed by atoms with van der Waals surface area (Å²) in [5.74, 6) is 1.83. The van der Waals surface area contributed by atoms with E-state index in [1.807, 2.05) is 30.3 Å². The highest BCUT2D eigenvalue weighted by Gasteiger charge is 2.07. The van der Waals surface area contributed by atoms with Crippen molar-refractivity contribution in [3.8, 4) is 17.2 Å². The predicted octanol–water partition coefficient (Wildman–Crippen LogP) is 2.86. The summed E-state index contributed by atoms with van der Waals surface area (Å²) in [6.07, 6.45) is 0. The first-order valence-electron chi connectivity index (χ1n) is 6.67. The van der Waals surface area contributed by atoms with Crippen LogP contribution < -0.4 is 24.8 Å². The summed E-state index contributed by atoms with van der Waals surface area (Å²) < 4.78 is 15.7. The molecule has 2 amide bonds. The number of urea groups is 1. The molecular weight excluding hydrogens is 284 g/mol. The third-order valence-electron chi connectivity index (χ3n) is 2.86.